The zero-order valence-corrected chi connectivity index (χ0v) is 9.55. The van der Waals surface area contributed by atoms with Crippen molar-refractivity contribution in [2.24, 2.45) is 0 Å². The van der Waals surface area contributed by atoms with Crippen molar-refractivity contribution in [3.8, 4) is 11.1 Å². The summed E-state index contributed by atoms with van der Waals surface area (Å²) in [6.07, 6.45) is 3.83. The largest absolute Gasteiger partial charge is 0.313 e. The van der Waals surface area contributed by atoms with Gasteiger partial charge in [0, 0.05) is 24.5 Å². The van der Waals surface area contributed by atoms with Crippen LogP contribution in [0.1, 0.15) is 12.5 Å². The fraction of sp³-hybridized carbons (Fsp3) is 0.250. The summed E-state index contributed by atoms with van der Waals surface area (Å²) in [5, 5.41) is 7.54. The van der Waals surface area contributed by atoms with Gasteiger partial charge in [-0.2, -0.15) is 11.3 Å². The lowest BCUT2D eigenvalue weighted by Gasteiger charge is -2.03. The molecule has 15 heavy (non-hydrogen) atoms. The highest BCUT2D eigenvalue weighted by atomic mass is 32.1. The van der Waals surface area contributed by atoms with E-state index in [4.69, 9.17) is 0 Å². The van der Waals surface area contributed by atoms with E-state index in [1.54, 1.807) is 11.3 Å². The molecule has 2 heterocycles. The van der Waals surface area contributed by atoms with E-state index in [9.17, 15) is 0 Å². The Morgan fingerprint density at radius 3 is 3.00 bits per heavy atom. The Hall–Kier alpha value is -1.19. The lowest BCUT2D eigenvalue weighted by Crippen LogP contribution is -2.11. The summed E-state index contributed by atoms with van der Waals surface area (Å²) in [6.45, 7) is 3.99. The van der Waals surface area contributed by atoms with E-state index < -0.39 is 0 Å². The number of thiophene rings is 1. The molecule has 0 unspecified atom stereocenters. The highest BCUT2D eigenvalue weighted by Gasteiger charge is 1.99. The molecule has 0 amide bonds. The van der Waals surface area contributed by atoms with Crippen molar-refractivity contribution < 1.29 is 0 Å². The van der Waals surface area contributed by atoms with E-state index in [1.807, 2.05) is 12.4 Å². The van der Waals surface area contributed by atoms with E-state index in [0.29, 0.717) is 0 Å². The second-order valence-electron chi connectivity index (χ2n) is 3.37. The van der Waals surface area contributed by atoms with E-state index in [0.717, 1.165) is 13.1 Å². The minimum Gasteiger partial charge on any atom is -0.313 e. The molecular weight excluding hydrogens is 204 g/mol. The molecule has 0 saturated carbocycles. The first-order valence-corrected chi connectivity index (χ1v) is 6.01. The Labute approximate surface area is 94.0 Å². The number of hydrogen-bond donors (Lipinski definition) is 1. The number of hydrogen-bond acceptors (Lipinski definition) is 3. The Morgan fingerprint density at radius 1 is 1.33 bits per heavy atom. The molecule has 3 heteroatoms. The minimum atomic E-state index is 0.890. The smallest absolute Gasteiger partial charge is 0.0346 e. The quantitative estimate of drug-likeness (QED) is 0.853. The monoisotopic (exact) mass is 218 g/mol. The number of aromatic nitrogens is 1. The van der Waals surface area contributed by atoms with Gasteiger partial charge in [0.05, 0.1) is 0 Å². The number of nitrogens with one attached hydrogen (secondary N) is 1. The molecule has 0 aromatic carbocycles. The van der Waals surface area contributed by atoms with Gasteiger partial charge in [-0.1, -0.05) is 6.92 Å². The molecule has 0 radical (unpaired) electrons. The van der Waals surface area contributed by atoms with Crippen molar-refractivity contribution in [2.45, 2.75) is 13.5 Å². The third kappa shape index (κ3) is 2.64. The first-order chi connectivity index (χ1) is 7.40. The van der Waals surface area contributed by atoms with Crippen LogP contribution in [0.15, 0.2) is 35.3 Å². The van der Waals surface area contributed by atoms with Crippen LogP contribution in [0.25, 0.3) is 11.1 Å². The first kappa shape index (κ1) is 10.3. The van der Waals surface area contributed by atoms with Gasteiger partial charge in [-0.25, -0.2) is 0 Å². The van der Waals surface area contributed by atoms with Crippen molar-refractivity contribution in [1.29, 1.82) is 0 Å². The van der Waals surface area contributed by atoms with Crippen LogP contribution < -0.4 is 5.32 Å². The van der Waals surface area contributed by atoms with Crippen LogP contribution in [0.5, 0.6) is 0 Å². The molecule has 0 aliphatic rings. The SMILES string of the molecule is CCNCc1cncc(-c2ccsc2)c1. The molecule has 78 valence electrons. The highest BCUT2D eigenvalue weighted by Crippen LogP contribution is 2.21. The van der Waals surface area contributed by atoms with Crippen LogP contribution in [0.2, 0.25) is 0 Å². The van der Waals surface area contributed by atoms with Gasteiger partial charge >= 0.3 is 0 Å². The van der Waals surface area contributed by atoms with E-state index in [1.165, 1.54) is 16.7 Å². The Balaban J connectivity index is 2.19. The van der Waals surface area contributed by atoms with Crippen LogP contribution in [0.4, 0.5) is 0 Å². The summed E-state index contributed by atoms with van der Waals surface area (Å²) in [5.41, 5.74) is 3.69. The van der Waals surface area contributed by atoms with Crippen molar-refractivity contribution >= 4 is 11.3 Å². The number of nitrogens with zero attached hydrogens (tertiary/aromatic N) is 1. The molecule has 2 aromatic rings. The molecule has 0 bridgehead atoms. The molecular formula is C12H14N2S. The molecule has 0 aliphatic carbocycles. The van der Waals surface area contributed by atoms with Crippen LogP contribution >= 0.6 is 11.3 Å². The molecule has 0 atom stereocenters. The lowest BCUT2D eigenvalue weighted by atomic mass is 10.1. The van der Waals surface area contributed by atoms with Crippen LogP contribution in [0.3, 0.4) is 0 Å². The van der Waals surface area contributed by atoms with Gasteiger partial charge in [-0.15, -0.1) is 0 Å². The second-order valence-corrected chi connectivity index (χ2v) is 4.15. The molecule has 2 rings (SSSR count). The summed E-state index contributed by atoms with van der Waals surface area (Å²) in [6, 6.07) is 4.32. The Morgan fingerprint density at radius 2 is 2.27 bits per heavy atom. The molecule has 0 spiro atoms. The van der Waals surface area contributed by atoms with E-state index >= 15 is 0 Å². The minimum absolute atomic E-state index is 0.890. The molecule has 2 aromatic heterocycles. The Kier molecular flexibility index (Phi) is 3.48. The van der Waals surface area contributed by atoms with Gasteiger partial charge in [0.2, 0.25) is 0 Å². The van der Waals surface area contributed by atoms with Gasteiger partial charge in [-0.05, 0) is 40.6 Å². The fourth-order valence-electron chi connectivity index (χ4n) is 1.44. The maximum atomic E-state index is 4.26. The summed E-state index contributed by atoms with van der Waals surface area (Å²) in [4.78, 5) is 4.26. The standard InChI is InChI=1S/C12H14N2S/c1-2-13-6-10-5-12(8-14-7-10)11-3-4-15-9-11/h3-5,7-9,13H,2,6H2,1H3. The normalized spacial score (nSPS) is 10.5. The summed E-state index contributed by atoms with van der Waals surface area (Å²) in [5.74, 6) is 0. The molecule has 2 nitrogen and oxygen atoms in total. The lowest BCUT2D eigenvalue weighted by molar-refractivity contribution is 0.724. The topological polar surface area (TPSA) is 24.9 Å². The zero-order valence-electron chi connectivity index (χ0n) is 8.73. The Bertz CT molecular complexity index is 409. The van der Waals surface area contributed by atoms with Crippen LogP contribution in [0, 0.1) is 0 Å². The third-order valence-electron chi connectivity index (χ3n) is 2.23. The molecule has 0 saturated heterocycles. The van der Waals surface area contributed by atoms with Crippen molar-refractivity contribution in [2.75, 3.05) is 6.54 Å². The average Bonchev–Trinajstić information content (AvgIpc) is 2.80. The third-order valence-corrected chi connectivity index (χ3v) is 2.91. The summed E-state index contributed by atoms with van der Waals surface area (Å²) in [7, 11) is 0. The fourth-order valence-corrected chi connectivity index (χ4v) is 2.11. The predicted octanol–water partition coefficient (Wildman–Crippen LogP) is 2.92. The number of rotatable bonds is 4. The van der Waals surface area contributed by atoms with Gasteiger partial charge < -0.3 is 5.32 Å². The summed E-state index contributed by atoms with van der Waals surface area (Å²) >= 11 is 1.71. The van der Waals surface area contributed by atoms with Crippen LogP contribution in [-0.2, 0) is 6.54 Å². The van der Waals surface area contributed by atoms with Crippen LogP contribution in [-0.4, -0.2) is 11.5 Å². The predicted molar refractivity (Wildman–Crippen MR) is 64.9 cm³/mol. The molecule has 0 aliphatic heterocycles. The van der Waals surface area contributed by atoms with Gasteiger partial charge in [-0.3, -0.25) is 4.98 Å². The zero-order chi connectivity index (χ0) is 10.5. The summed E-state index contributed by atoms with van der Waals surface area (Å²) < 4.78 is 0. The van der Waals surface area contributed by atoms with Gasteiger partial charge in [0.15, 0.2) is 0 Å². The van der Waals surface area contributed by atoms with E-state index in [2.05, 4.69) is 40.1 Å². The van der Waals surface area contributed by atoms with E-state index in [-0.39, 0.29) is 0 Å². The van der Waals surface area contributed by atoms with Crippen molar-refractivity contribution in [3.05, 3.63) is 40.8 Å². The maximum absolute atomic E-state index is 4.26. The van der Waals surface area contributed by atoms with Crippen molar-refractivity contribution in [1.82, 2.24) is 10.3 Å². The first-order valence-electron chi connectivity index (χ1n) is 5.07. The highest BCUT2D eigenvalue weighted by molar-refractivity contribution is 7.08. The average molecular weight is 218 g/mol. The van der Waals surface area contributed by atoms with Crippen molar-refractivity contribution in [3.63, 3.8) is 0 Å². The van der Waals surface area contributed by atoms with Gasteiger partial charge in [0.1, 0.15) is 0 Å². The maximum Gasteiger partial charge on any atom is 0.0346 e. The molecule has 1 N–H and O–H groups in total. The number of pyridine rings is 1. The molecule has 0 fully saturated rings. The van der Waals surface area contributed by atoms with Gasteiger partial charge in [0.25, 0.3) is 0 Å². The second kappa shape index (κ2) is 5.05.